The van der Waals surface area contributed by atoms with Gasteiger partial charge in [0.1, 0.15) is 0 Å². The van der Waals surface area contributed by atoms with E-state index in [0.29, 0.717) is 12.5 Å². The van der Waals surface area contributed by atoms with Gasteiger partial charge in [0.15, 0.2) is 5.96 Å². The third-order valence-corrected chi connectivity index (χ3v) is 4.76. The van der Waals surface area contributed by atoms with Crippen LogP contribution in [-0.4, -0.2) is 56.8 Å². The topological polar surface area (TPSA) is 88.5 Å². The zero-order chi connectivity index (χ0) is 19.2. The molecule has 2 N–H and O–H groups in total. The van der Waals surface area contributed by atoms with Crippen LogP contribution in [0.25, 0.3) is 0 Å². The summed E-state index contributed by atoms with van der Waals surface area (Å²) in [5.74, 6) is 1.36. The largest absolute Gasteiger partial charge is 0.370 e. The number of rotatable bonds is 5. The maximum absolute atomic E-state index is 6.24. The van der Waals surface area contributed by atoms with Crippen molar-refractivity contribution in [2.75, 3.05) is 31.1 Å². The molecule has 29 heavy (non-hydrogen) atoms. The Labute approximate surface area is 187 Å². The molecule has 1 saturated heterocycles. The number of hydrogen-bond donors (Lipinski definition) is 1. The molecule has 1 aliphatic heterocycles. The van der Waals surface area contributed by atoms with Crippen molar-refractivity contribution in [1.29, 1.82) is 0 Å². The van der Waals surface area contributed by atoms with E-state index in [2.05, 4.69) is 54.1 Å². The van der Waals surface area contributed by atoms with E-state index in [0.717, 1.165) is 44.2 Å². The van der Waals surface area contributed by atoms with Crippen molar-refractivity contribution in [2.45, 2.75) is 13.1 Å². The molecule has 0 aliphatic carbocycles. The van der Waals surface area contributed by atoms with Gasteiger partial charge >= 0.3 is 0 Å². The van der Waals surface area contributed by atoms with Crippen molar-refractivity contribution in [1.82, 2.24) is 24.6 Å². The maximum Gasteiger partial charge on any atom is 0.225 e. The number of aromatic nitrogens is 4. The molecule has 0 spiro atoms. The lowest BCUT2D eigenvalue weighted by Crippen LogP contribution is -2.51. The molecule has 0 atom stereocenters. The molecular formula is C20H25IN8. The highest BCUT2D eigenvalue weighted by molar-refractivity contribution is 14.0. The SMILES string of the molecule is I.NC(=NCc1cccc(Cn2cccn2)c1)N1CCN(c2ncccn2)CC1. The summed E-state index contributed by atoms with van der Waals surface area (Å²) >= 11 is 0. The Bertz CT molecular complexity index is 905. The van der Waals surface area contributed by atoms with Gasteiger partial charge in [0.2, 0.25) is 5.95 Å². The maximum atomic E-state index is 6.24. The molecule has 0 unspecified atom stereocenters. The van der Waals surface area contributed by atoms with Gasteiger partial charge in [-0.2, -0.15) is 5.10 Å². The number of halogens is 1. The summed E-state index contributed by atoms with van der Waals surface area (Å²) < 4.78 is 1.91. The van der Waals surface area contributed by atoms with Crippen LogP contribution >= 0.6 is 24.0 Å². The molecule has 0 saturated carbocycles. The second-order valence-electron chi connectivity index (χ2n) is 6.72. The van der Waals surface area contributed by atoms with Gasteiger partial charge in [-0.25, -0.2) is 15.0 Å². The smallest absolute Gasteiger partial charge is 0.225 e. The number of nitrogens with two attached hydrogens (primary N) is 1. The number of hydrogen-bond acceptors (Lipinski definition) is 5. The monoisotopic (exact) mass is 504 g/mol. The Morgan fingerprint density at radius 3 is 2.45 bits per heavy atom. The van der Waals surface area contributed by atoms with E-state index < -0.39 is 0 Å². The van der Waals surface area contributed by atoms with Crippen LogP contribution in [0.4, 0.5) is 5.95 Å². The first-order chi connectivity index (χ1) is 13.8. The van der Waals surface area contributed by atoms with Crippen molar-refractivity contribution < 1.29 is 0 Å². The fourth-order valence-electron chi connectivity index (χ4n) is 3.27. The highest BCUT2D eigenvalue weighted by Crippen LogP contribution is 2.11. The highest BCUT2D eigenvalue weighted by atomic mass is 127. The van der Waals surface area contributed by atoms with E-state index in [1.165, 1.54) is 5.56 Å². The molecule has 1 aliphatic rings. The second-order valence-corrected chi connectivity index (χ2v) is 6.72. The molecule has 8 nitrogen and oxygen atoms in total. The van der Waals surface area contributed by atoms with Crippen LogP contribution in [0.15, 0.2) is 66.2 Å². The molecule has 1 fully saturated rings. The van der Waals surface area contributed by atoms with E-state index >= 15 is 0 Å². The first-order valence-corrected chi connectivity index (χ1v) is 9.40. The molecule has 0 bridgehead atoms. The predicted molar refractivity (Wildman–Crippen MR) is 124 cm³/mol. The number of nitrogens with zero attached hydrogens (tertiary/aromatic N) is 7. The van der Waals surface area contributed by atoms with Crippen molar-refractivity contribution in [3.05, 3.63) is 72.3 Å². The Morgan fingerprint density at radius 1 is 0.966 bits per heavy atom. The van der Waals surface area contributed by atoms with Crippen molar-refractivity contribution in [3.63, 3.8) is 0 Å². The van der Waals surface area contributed by atoms with Gasteiger partial charge in [-0.15, -0.1) is 24.0 Å². The molecule has 9 heteroatoms. The lowest BCUT2D eigenvalue weighted by atomic mass is 10.1. The lowest BCUT2D eigenvalue weighted by molar-refractivity contribution is 0.378. The summed E-state index contributed by atoms with van der Waals surface area (Å²) in [6.07, 6.45) is 7.29. The summed E-state index contributed by atoms with van der Waals surface area (Å²) in [5, 5.41) is 4.25. The van der Waals surface area contributed by atoms with Crippen LogP contribution in [0.1, 0.15) is 11.1 Å². The van der Waals surface area contributed by atoms with Crippen LogP contribution in [-0.2, 0) is 13.1 Å². The van der Waals surface area contributed by atoms with E-state index in [1.807, 2.05) is 23.0 Å². The average molecular weight is 504 g/mol. The summed E-state index contributed by atoms with van der Waals surface area (Å²) in [6, 6.07) is 12.1. The standard InChI is InChI=1S/C20H24N8.HI/c21-19(26-10-12-27(13-11-26)20-22-6-2-7-23-20)24-15-17-4-1-5-18(14-17)16-28-9-3-8-25-28;/h1-9,14H,10-13,15-16H2,(H2,21,24);1H. The molecule has 0 amide bonds. The van der Waals surface area contributed by atoms with Crippen LogP contribution in [0.5, 0.6) is 0 Å². The Hall–Kier alpha value is -2.69. The Morgan fingerprint density at radius 2 is 1.72 bits per heavy atom. The summed E-state index contributed by atoms with van der Waals surface area (Å²) in [4.78, 5) is 17.5. The number of benzene rings is 1. The normalized spacial score (nSPS) is 14.6. The Balaban J connectivity index is 0.00000240. The van der Waals surface area contributed by atoms with Gasteiger partial charge in [0.25, 0.3) is 0 Å². The molecule has 152 valence electrons. The first-order valence-electron chi connectivity index (χ1n) is 9.40. The minimum atomic E-state index is 0. The van der Waals surface area contributed by atoms with Crippen molar-refractivity contribution in [2.24, 2.45) is 10.7 Å². The summed E-state index contributed by atoms with van der Waals surface area (Å²) in [7, 11) is 0. The van der Waals surface area contributed by atoms with Crippen LogP contribution in [0, 0.1) is 0 Å². The van der Waals surface area contributed by atoms with Gasteiger partial charge in [-0.1, -0.05) is 24.3 Å². The van der Waals surface area contributed by atoms with Gasteiger partial charge in [0, 0.05) is 51.0 Å². The fourth-order valence-corrected chi connectivity index (χ4v) is 3.27. The van der Waals surface area contributed by atoms with Gasteiger partial charge in [0.05, 0.1) is 13.1 Å². The van der Waals surface area contributed by atoms with E-state index in [-0.39, 0.29) is 24.0 Å². The van der Waals surface area contributed by atoms with Crippen LogP contribution in [0.2, 0.25) is 0 Å². The number of piperazine rings is 1. The van der Waals surface area contributed by atoms with Crippen molar-refractivity contribution in [3.8, 4) is 0 Å². The van der Waals surface area contributed by atoms with E-state index in [9.17, 15) is 0 Å². The van der Waals surface area contributed by atoms with Crippen molar-refractivity contribution >= 4 is 35.9 Å². The Kier molecular flexibility index (Phi) is 7.39. The van der Waals surface area contributed by atoms with Crippen LogP contribution < -0.4 is 10.6 Å². The number of aliphatic imine (C=N–C) groups is 1. The minimum absolute atomic E-state index is 0. The third-order valence-electron chi connectivity index (χ3n) is 4.76. The molecule has 3 heterocycles. The zero-order valence-corrected chi connectivity index (χ0v) is 18.5. The minimum Gasteiger partial charge on any atom is -0.370 e. The summed E-state index contributed by atoms with van der Waals surface area (Å²) in [6.45, 7) is 4.61. The first kappa shape index (κ1) is 21.0. The fraction of sp³-hybridized carbons (Fsp3) is 0.300. The summed E-state index contributed by atoms with van der Waals surface area (Å²) in [5.41, 5.74) is 8.58. The molecule has 2 aromatic heterocycles. The molecule has 4 rings (SSSR count). The van der Waals surface area contributed by atoms with E-state index in [4.69, 9.17) is 5.73 Å². The quantitative estimate of drug-likeness (QED) is 0.325. The molecule has 0 radical (unpaired) electrons. The zero-order valence-electron chi connectivity index (χ0n) is 16.1. The van der Waals surface area contributed by atoms with Gasteiger partial charge < -0.3 is 15.5 Å². The van der Waals surface area contributed by atoms with Crippen LogP contribution in [0.3, 0.4) is 0 Å². The van der Waals surface area contributed by atoms with E-state index in [1.54, 1.807) is 18.6 Å². The number of guanidine groups is 1. The number of anilines is 1. The molecule has 3 aromatic rings. The molecular weight excluding hydrogens is 479 g/mol. The van der Waals surface area contributed by atoms with Gasteiger partial charge in [-0.3, -0.25) is 4.68 Å². The highest BCUT2D eigenvalue weighted by Gasteiger charge is 2.19. The molecule has 1 aromatic carbocycles. The lowest BCUT2D eigenvalue weighted by Gasteiger charge is -2.35. The average Bonchev–Trinajstić information content (AvgIpc) is 3.26. The predicted octanol–water partition coefficient (Wildman–Crippen LogP) is 1.98. The third kappa shape index (κ3) is 5.66. The van der Waals surface area contributed by atoms with Gasteiger partial charge in [-0.05, 0) is 23.3 Å². The second kappa shape index (κ2) is 10.2.